The molecule has 35 heavy (non-hydrogen) atoms. The van der Waals surface area contributed by atoms with Crippen LogP contribution in [0.25, 0.3) is 6.08 Å². The van der Waals surface area contributed by atoms with Gasteiger partial charge in [0, 0.05) is 11.6 Å². The summed E-state index contributed by atoms with van der Waals surface area (Å²) < 4.78 is 15.6. The Morgan fingerprint density at radius 2 is 1.71 bits per heavy atom. The molecular weight excluding hydrogens is 454 g/mol. The number of hydrogen-bond donors (Lipinski definition) is 1. The van der Waals surface area contributed by atoms with Gasteiger partial charge in [0.1, 0.15) is 28.9 Å². The van der Waals surface area contributed by atoms with E-state index in [1.54, 1.807) is 42.5 Å². The molecule has 3 aromatic carbocycles. The Balaban J connectivity index is 1.84. The summed E-state index contributed by atoms with van der Waals surface area (Å²) in [7, 11) is 2.81. The molecule has 10 heteroatoms. The SMILES string of the molecule is COc1ccc(C(=O)Oc2ccccc2C=C(C#N)C(=O)Nc2ccc([N+](=O)[O-])cc2OC)cc1. The van der Waals surface area contributed by atoms with Gasteiger partial charge in [0.15, 0.2) is 0 Å². The Morgan fingerprint density at radius 1 is 1.00 bits per heavy atom. The lowest BCUT2D eigenvalue weighted by Gasteiger charge is -2.10. The lowest BCUT2D eigenvalue weighted by Crippen LogP contribution is -2.14. The van der Waals surface area contributed by atoms with Crippen molar-refractivity contribution in [3.05, 3.63) is 93.5 Å². The van der Waals surface area contributed by atoms with Crippen molar-refractivity contribution in [2.75, 3.05) is 19.5 Å². The number of methoxy groups -OCH3 is 2. The number of carbonyl (C=O) groups excluding carboxylic acids is 2. The molecule has 1 N–H and O–H groups in total. The molecule has 1 amide bonds. The van der Waals surface area contributed by atoms with Gasteiger partial charge in [-0.05, 0) is 42.5 Å². The maximum absolute atomic E-state index is 12.7. The van der Waals surface area contributed by atoms with Crippen molar-refractivity contribution >= 4 is 29.3 Å². The van der Waals surface area contributed by atoms with Crippen LogP contribution in [-0.4, -0.2) is 31.0 Å². The van der Waals surface area contributed by atoms with Crippen molar-refractivity contribution in [1.29, 1.82) is 5.26 Å². The molecule has 0 aliphatic carbocycles. The zero-order chi connectivity index (χ0) is 25.4. The Labute approximate surface area is 200 Å². The van der Waals surface area contributed by atoms with E-state index in [2.05, 4.69) is 5.32 Å². The highest BCUT2D eigenvalue weighted by Gasteiger charge is 2.17. The molecule has 3 rings (SSSR count). The van der Waals surface area contributed by atoms with Crippen molar-refractivity contribution in [3.8, 4) is 23.3 Å². The Hall–Kier alpha value is -5.17. The van der Waals surface area contributed by atoms with Crippen LogP contribution in [0, 0.1) is 21.4 Å². The average molecular weight is 473 g/mol. The maximum atomic E-state index is 12.7. The average Bonchev–Trinajstić information content (AvgIpc) is 2.88. The zero-order valence-corrected chi connectivity index (χ0v) is 18.7. The third-order valence-electron chi connectivity index (χ3n) is 4.76. The summed E-state index contributed by atoms with van der Waals surface area (Å²) in [4.78, 5) is 35.7. The van der Waals surface area contributed by atoms with E-state index in [0.717, 1.165) is 6.07 Å². The van der Waals surface area contributed by atoms with Crippen LogP contribution in [0.3, 0.4) is 0 Å². The van der Waals surface area contributed by atoms with Crippen molar-refractivity contribution in [3.63, 3.8) is 0 Å². The maximum Gasteiger partial charge on any atom is 0.343 e. The number of rotatable bonds is 8. The standard InChI is InChI=1S/C25H19N3O7/c1-33-20-10-7-16(8-11-20)25(30)35-22-6-4-3-5-17(22)13-18(15-26)24(29)27-21-12-9-19(28(31)32)14-23(21)34-2/h3-14H,1-2H3,(H,27,29). The number of non-ortho nitro benzene ring substituents is 1. The first-order valence-corrected chi connectivity index (χ1v) is 10.1. The van der Waals surface area contributed by atoms with Gasteiger partial charge in [0.05, 0.1) is 36.5 Å². The van der Waals surface area contributed by atoms with Gasteiger partial charge < -0.3 is 19.5 Å². The van der Waals surface area contributed by atoms with Gasteiger partial charge in [-0.1, -0.05) is 18.2 Å². The number of nitro benzene ring substituents is 1. The van der Waals surface area contributed by atoms with E-state index in [-0.39, 0.29) is 34.0 Å². The summed E-state index contributed by atoms with van der Waals surface area (Å²) in [6.45, 7) is 0. The van der Waals surface area contributed by atoms with Crippen LogP contribution in [0.15, 0.2) is 72.3 Å². The molecule has 0 aromatic heterocycles. The zero-order valence-electron chi connectivity index (χ0n) is 18.7. The highest BCUT2D eigenvalue weighted by molar-refractivity contribution is 6.10. The highest BCUT2D eigenvalue weighted by atomic mass is 16.6. The number of nitro groups is 1. The number of anilines is 1. The van der Waals surface area contributed by atoms with Crippen molar-refractivity contribution in [2.24, 2.45) is 0 Å². The van der Waals surface area contributed by atoms with E-state index in [1.807, 2.05) is 6.07 Å². The number of nitriles is 1. The lowest BCUT2D eigenvalue weighted by atomic mass is 10.1. The number of ether oxygens (including phenoxy) is 3. The minimum absolute atomic E-state index is 0.0543. The monoisotopic (exact) mass is 473 g/mol. The second-order valence-electron chi connectivity index (χ2n) is 6.92. The fourth-order valence-corrected chi connectivity index (χ4v) is 2.97. The smallest absolute Gasteiger partial charge is 0.343 e. The molecule has 0 spiro atoms. The number of carbonyl (C=O) groups is 2. The van der Waals surface area contributed by atoms with Gasteiger partial charge in [0.25, 0.3) is 11.6 Å². The molecule has 0 atom stereocenters. The van der Waals surface area contributed by atoms with Crippen LogP contribution in [0.4, 0.5) is 11.4 Å². The van der Waals surface area contributed by atoms with Gasteiger partial charge in [-0.15, -0.1) is 0 Å². The van der Waals surface area contributed by atoms with Gasteiger partial charge >= 0.3 is 5.97 Å². The first-order valence-electron chi connectivity index (χ1n) is 10.1. The third-order valence-corrected chi connectivity index (χ3v) is 4.76. The molecule has 10 nitrogen and oxygen atoms in total. The predicted octanol–water partition coefficient (Wildman–Crippen LogP) is 4.38. The van der Waals surface area contributed by atoms with Crippen molar-refractivity contribution < 1.29 is 28.7 Å². The summed E-state index contributed by atoms with van der Waals surface area (Å²) in [6, 6.07) is 18.2. The second-order valence-corrected chi connectivity index (χ2v) is 6.92. The quantitative estimate of drug-likeness (QED) is 0.127. The van der Waals surface area contributed by atoms with Gasteiger partial charge in [-0.25, -0.2) is 4.79 Å². The number of benzene rings is 3. The number of esters is 1. The van der Waals surface area contributed by atoms with E-state index in [1.165, 1.54) is 38.5 Å². The van der Waals surface area contributed by atoms with Crippen LogP contribution in [0.2, 0.25) is 0 Å². The minimum atomic E-state index is -0.782. The molecule has 0 saturated carbocycles. The number of nitrogens with zero attached hydrogens (tertiary/aromatic N) is 2. The van der Waals surface area contributed by atoms with Crippen molar-refractivity contribution in [2.45, 2.75) is 0 Å². The summed E-state index contributed by atoms with van der Waals surface area (Å²) in [6.07, 6.45) is 1.27. The van der Waals surface area contributed by atoms with Crippen LogP contribution in [0.5, 0.6) is 17.2 Å². The molecular formula is C25H19N3O7. The Bertz CT molecular complexity index is 1340. The van der Waals surface area contributed by atoms with Crippen molar-refractivity contribution in [1.82, 2.24) is 0 Å². The Kier molecular flexibility index (Phi) is 7.77. The highest BCUT2D eigenvalue weighted by Crippen LogP contribution is 2.30. The lowest BCUT2D eigenvalue weighted by molar-refractivity contribution is -0.384. The molecule has 0 aliphatic heterocycles. The minimum Gasteiger partial charge on any atom is -0.497 e. The Morgan fingerprint density at radius 3 is 2.34 bits per heavy atom. The van der Waals surface area contributed by atoms with E-state index in [9.17, 15) is 25.0 Å². The molecule has 0 heterocycles. The number of para-hydroxylation sites is 1. The third kappa shape index (κ3) is 6.00. The molecule has 176 valence electrons. The van der Waals surface area contributed by atoms with E-state index >= 15 is 0 Å². The van der Waals surface area contributed by atoms with Gasteiger partial charge in [-0.2, -0.15) is 5.26 Å². The van der Waals surface area contributed by atoms with E-state index in [0.29, 0.717) is 11.3 Å². The molecule has 0 saturated heterocycles. The van der Waals surface area contributed by atoms with E-state index < -0.39 is 16.8 Å². The normalized spacial score (nSPS) is 10.6. The molecule has 0 aliphatic rings. The number of amides is 1. The number of hydrogen-bond acceptors (Lipinski definition) is 8. The van der Waals surface area contributed by atoms with Crippen LogP contribution < -0.4 is 19.5 Å². The number of nitrogens with one attached hydrogen (secondary N) is 1. The predicted molar refractivity (Wildman–Crippen MR) is 126 cm³/mol. The second kappa shape index (κ2) is 11.1. The first kappa shape index (κ1) is 24.5. The van der Waals surface area contributed by atoms with Gasteiger partial charge in [-0.3, -0.25) is 14.9 Å². The largest absolute Gasteiger partial charge is 0.497 e. The summed E-state index contributed by atoms with van der Waals surface area (Å²) in [5, 5.41) is 23.0. The molecule has 3 aromatic rings. The molecule has 0 fully saturated rings. The van der Waals surface area contributed by atoms with E-state index in [4.69, 9.17) is 14.2 Å². The molecule has 0 unspecified atom stereocenters. The summed E-state index contributed by atoms with van der Waals surface area (Å²) >= 11 is 0. The van der Waals surface area contributed by atoms with Crippen LogP contribution in [-0.2, 0) is 4.79 Å². The fraction of sp³-hybridized carbons (Fsp3) is 0.0800. The fourth-order valence-electron chi connectivity index (χ4n) is 2.97. The summed E-state index contributed by atoms with van der Waals surface area (Å²) in [5.41, 5.74) is 0.232. The molecule has 0 bridgehead atoms. The molecule has 0 radical (unpaired) electrons. The topological polar surface area (TPSA) is 141 Å². The van der Waals surface area contributed by atoms with Gasteiger partial charge in [0.2, 0.25) is 0 Å². The first-order chi connectivity index (χ1) is 16.9. The van der Waals surface area contributed by atoms with Crippen LogP contribution in [0.1, 0.15) is 15.9 Å². The summed E-state index contributed by atoms with van der Waals surface area (Å²) in [5.74, 6) is -0.636. The van der Waals surface area contributed by atoms with Crippen LogP contribution >= 0.6 is 0 Å².